The maximum atomic E-state index is 14.3. The Kier molecular flexibility index (Phi) is 8.91. The number of methoxy groups -OCH3 is 1. The van der Waals surface area contributed by atoms with Crippen molar-refractivity contribution in [2.75, 3.05) is 12.4 Å². The van der Waals surface area contributed by atoms with Gasteiger partial charge in [-0.15, -0.1) is 11.3 Å². The number of amides is 1. The van der Waals surface area contributed by atoms with Gasteiger partial charge in [0.1, 0.15) is 10.6 Å². The third-order valence-corrected chi connectivity index (χ3v) is 6.40. The summed E-state index contributed by atoms with van der Waals surface area (Å²) < 4.78 is 233. The number of alkyl halides is 17. The smallest absolute Gasteiger partial charge is 0.460 e. The summed E-state index contributed by atoms with van der Waals surface area (Å²) in [6.45, 7) is 0. The second kappa shape index (κ2) is 10.7. The van der Waals surface area contributed by atoms with Gasteiger partial charge in [0.15, 0.2) is 0 Å². The lowest BCUT2D eigenvalue weighted by Gasteiger charge is -2.42. The maximum absolute atomic E-state index is 14.3. The molecule has 0 aliphatic heterocycles. The molecule has 0 aliphatic rings. The average Bonchev–Trinajstić information content (AvgIpc) is 3.30. The van der Waals surface area contributed by atoms with Gasteiger partial charge in [-0.3, -0.25) is 4.79 Å². The quantitative estimate of drug-likeness (QED) is 0.204. The van der Waals surface area contributed by atoms with Crippen LogP contribution in [0.25, 0.3) is 11.1 Å². The topological polar surface area (TPSA) is 55.4 Å². The summed E-state index contributed by atoms with van der Waals surface area (Å²) in [5.41, 5.74) is -1.15. The van der Waals surface area contributed by atoms with E-state index in [4.69, 9.17) is 0 Å². The number of carbonyl (C=O) groups excluding carboxylic acids is 2. The molecular weight excluding hydrogens is 669 g/mol. The molecule has 0 fully saturated rings. The standard InChI is InChI=1S/C21H10F17NO3S/c1-42-12(40)10-9(8-5-3-2-4-6-8)7-43-11(10)39-13(41)14(22,23)15(24,25)16(26,27)17(28,29)18(30,31)19(32,33)20(34,35)21(36,37)38/h2-7H,1H3,(H,39,41). The van der Waals surface area contributed by atoms with E-state index in [1.54, 1.807) is 0 Å². The van der Waals surface area contributed by atoms with Crippen molar-refractivity contribution in [3.63, 3.8) is 0 Å². The molecule has 2 rings (SSSR count). The number of hydrogen-bond acceptors (Lipinski definition) is 4. The molecule has 242 valence electrons. The first kappa shape index (κ1) is 35.9. The molecule has 0 radical (unpaired) electrons. The third-order valence-electron chi connectivity index (χ3n) is 5.50. The number of carbonyl (C=O) groups is 2. The first-order valence-electron chi connectivity index (χ1n) is 10.4. The fourth-order valence-electron chi connectivity index (χ4n) is 3.07. The molecule has 1 amide bonds. The van der Waals surface area contributed by atoms with Gasteiger partial charge < -0.3 is 10.1 Å². The summed E-state index contributed by atoms with van der Waals surface area (Å²) >= 11 is 0.0397. The largest absolute Gasteiger partial charge is 0.465 e. The maximum Gasteiger partial charge on any atom is 0.460 e. The zero-order valence-corrected chi connectivity index (χ0v) is 20.8. The van der Waals surface area contributed by atoms with Crippen molar-refractivity contribution in [1.29, 1.82) is 0 Å². The van der Waals surface area contributed by atoms with Gasteiger partial charge in [-0.2, -0.15) is 74.6 Å². The monoisotopic (exact) mass is 679 g/mol. The molecule has 0 unspecified atom stereocenters. The molecule has 1 heterocycles. The second-order valence-electron chi connectivity index (χ2n) is 8.18. The van der Waals surface area contributed by atoms with Crippen LogP contribution in [-0.4, -0.2) is 66.6 Å². The Balaban J connectivity index is 2.60. The van der Waals surface area contributed by atoms with Crippen molar-refractivity contribution in [2.45, 2.75) is 47.6 Å². The summed E-state index contributed by atoms with van der Waals surface area (Å²) in [6.07, 6.45) is -7.88. The summed E-state index contributed by atoms with van der Waals surface area (Å²) in [5, 5.41) is 0.420. The molecule has 0 saturated carbocycles. The molecule has 0 aliphatic carbocycles. The predicted octanol–water partition coefficient (Wildman–Crippen LogP) is 8.15. The predicted molar refractivity (Wildman–Crippen MR) is 110 cm³/mol. The van der Waals surface area contributed by atoms with E-state index in [-0.39, 0.29) is 22.5 Å². The van der Waals surface area contributed by atoms with Crippen LogP contribution in [0.4, 0.5) is 79.6 Å². The SMILES string of the molecule is COC(=O)c1c(-c2ccccc2)csc1NC(=O)C(F)(F)C(F)(F)C(F)(F)C(F)(F)C(F)(F)C(F)(F)C(F)(F)C(F)(F)F. The summed E-state index contributed by atoms with van der Waals surface area (Å²) in [5.74, 6) is -64.1. The van der Waals surface area contributed by atoms with Crippen LogP contribution in [0.15, 0.2) is 35.7 Å². The van der Waals surface area contributed by atoms with Crippen LogP contribution < -0.4 is 5.32 Å². The Bertz CT molecular complexity index is 1350. The Labute approximate surface area is 230 Å². The summed E-state index contributed by atoms with van der Waals surface area (Å²) in [4.78, 5) is 24.1. The highest BCUT2D eigenvalue weighted by Gasteiger charge is 2.95. The molecule has 1 N–H and O–H groups in total. The van der Waals surface area contributed by atoms with Gasteiger partial charge in [0, 0.05) is 10.9 Å². The van der Waals surface area contributed by atoms with Crippen LogP contribution in [0.1, 0.15) is 10.4 Å². The lowest BCUT2D eigenvalue weighted by atomic mass is 9.89. The number of esters is 1. The normalized spacial score (nSPS) is 14.5. The number of halogens is 17. The van der Waals surface area contributed by atoms with Crippen molar-refractivity contribution in [3.05, 3.63) is 41.3 Å². The first-order chi connectivity index (χ1) is 19.1. The van der Waals surface area contributed by atoms with Gasteiger partial charge in [0.05, 0.1) is 7.11 Å². The van der Waals surface area contributed by atoms with Crippen LogP contribution in [-0.2, 0) is 9.53 Å². The molecule has 1 aromatic carbocycles. The van der Waals surface area contributed by atoms with Crippen molar-refractivity contribution in [2.24, 2.45) is 0 Å². The van der Waals surface area contributed by atoms with Gasteiger partial charge in [0.2, 0.25) is 0 Å². The zero-order chi connectivity index (χ0) is 33.8. The molecule has 0 bridgehead atoms. The molecule has 2 aromatic rings. The lowest BCUT2D eigenvalue weighted by molar-refractivity contribution is -0.459. The number of thiophene rings is 1. The highest BCUT2D eigenvalue weighted by Crippen LogP contribution is 2.64. The van der Waals surface area contributed by atoms with Crippen LogP contribution in [0.5, 0.6) is 0 Å². The van der Waals surface area contributed by atoms with Crippen LogP contribution >= 0.6 is 11.3 Å². The van der Waals surface area contributed by atoms with E-state index in [1.807, 2.05) is 0 Å². The molecule has 0 atom stereocenters. The molecule has 0 spiro atoms. The minimum Gasteiger partial charge on any atom is -0.465 e. The molecule has 1 aromatic heterocycles. The highest BCUT2D eigenvalue weighted by molar-refractivity contribution is 7.15. The van der Waals surface area contributed by atoms with E-state index in [0.717, 1.165) is 10.7 Å². The van der Waals surface area contributed by atoms with Gasteiger partial charge >= 0.3 is 59.5 Å². The Morgan fingerprint density at radius 3 is 1.49 bits per heavy atom. The van der Waals surface area contributed by atoms with Crippen LogP contribution in [0.3, 0.4) is 0 Å². The third kappa shape index (κ3) is 5.13. The fraction of sp³-hybridized carbons (Fsp3) is 0.429. The zero-order valence-electron chi connectivity index (χ0n) is 20.0. The van der Waals surface area contributed by atoms with Crippen LogP contribution in [0, 0.1) is 0 Å². The number of hydrogen-bond donors (Lipinski definition) is 1. The van der Waals surface area contributed by atoms with E-state index in [9.17, 15) is 84.2 Å². The summed E-state index contributed by atoms with van der Waals surface area (Å²) in [6, 6.07) is 6.62. The van der Waals surface area contributed by atoms with Crippen molar-refractivity contribution in [3.8, 4) is 11.1 Å². The van der Waals surface area contributed by atoms with Crippen molar-refractivity contribution >= 4 is 28.2 Å². The number of rotatable bonds is 10. The minimum absolute atomic E-state index is 0.0397. The van der Waals surface area contributed by atoms with E-state index >= 15 is 0 Å². The van der Waals surface area contributed by atoms with Crippen molar-refractivity contribution in [1.82, 2.24) is 0 Å². The lowest BCUT2D eigenvalue weighted by Crippen LogP contribution is -2.75. The van der Waals surface area contributed by atoms with E-state index < -0.39 is 70.1 Å². The van der Waals surface area contributed by atoms with Gasteiger partial charge in [0.25, 0.3) is 0 Å². The molecular formula is C21H10F17NO3S. The molecule has 43 heavy (non-hydrogen) atoms. The number of nitrogens with one attached hydrogen (secondary N) is 1. The van der Waals surface area contributed by atoms with Gasteiger partial charge in [-0.25, -0.2) is 4.79 Å². The summed E-state index contributed by atoms with van der Waals surface area (Å²) in [7, 11) is 0.671. The molecule has 22 heteroatoms. The number of benzene rings is 1. The van der Waals surface area contributed by atoms with Gasteiger partial charge in [-0.1, -0.05) is 30.3 Å². The Morgan fingerprint density at radius 2 is 1.07 bits per heavy atom. The minimum atomic E-state index is -8.83. The fourth-order valence-corrected chi connectivity index (χ4v) is 4.03. The molecule has 0 saturated heterocycles. The average molecular weight is 679 g/mol. The highest BCUT2D eigenvalue weighted by atomic mass is 32.1. The Morgan fingerprint density at radius 1 is 0.651 bits per heavy atom. The van der Waals surface area contributed by atoms with Gasteiger partial charge in [-0.05, 0) is 5.56 Å². The number of ether oxygens (including phenoxy) is 1. The molecule has 4 nitrogen and oxygen atoms in total. The van der Waals surface area contributed by atoms with E-state index in [0.29, 0.717) is 7.11 Å². The van der Waals surface area contributed by atoms with Crippen LogP contribution in [0.2, 0.25) is 0 Å². The number of anilines is 1. The van der Waals surface area contributed by atoms with Crippen molar-refractivity contribution < 1.29 is 89.0 Å². The van der Waals surface area contributed by atoms with E-state index in [1.165, 1.54) is 30.3 Å². The second-order valence-corrected chi connectivity index (χ2v) is 9.06. The Hall–Kier alpha value is -3.33. The first-order valence-corrected chi connectivity index (χ1v) is 11.3. The van der Waals surface area contributed by atoms with E-state index in [2.05, 4.69) is 4.74 Å².